The van der Waals surface area contributed by atoms with Crippen molar-refractivity contribution in [2.45, 2.75) is 168 Å². The van der Waals surface area contributed by atoms with Crippen LogP contribution >= 0.6 is 0 Å². The molecule has 0 aromatic rings. The molecule has 169 valence electrons. The molecule has 0 saturated heterocycles. The molecule has 0 spiro atoms. The Bertz CT molecular complexity index is 263. The van der Waals surface area contributed by atoms with E-state index >= 15 is 0 Å². The van der Waals surface area contributed by atoms with Crippen molar-refractivity contribution in [1.29, 1.82) is 0 Å². The number of halogens is 1. The minimum Gasteiger partial charge on any atom is -0.247 e. The molecule has 1 heteroatoms. The molecule has 0 fully saturated rings. The lowest BCUT2D eigenvalue weighted by Gasteiger charge is -2.07. The monoisotopic (exact) mass is 397 g/mol. The van der Waals surface area contributed by atoms with Crippen LogP contribution in [0.3, 0.4) is 0 Å². The first-order chi connectivity index (χ1) is 13.8. The zero-order valence-corrected chi connectivity index (χ0v) is 19.8. The van der Waals surface area contributed by atoms with E-state index in [2.05, 4.69) is 13.8 Å². The van der Waals surface area contributed by atoms with Gasteiger partial charge in [-0.25, -0.2) is 4.39 Å². The van der Waals surface area contributed by atoms with Crippen LogP contribution in [-0.4, -0.2) is 6.17 Å². The van der Waals surface area contributed by atoms with Crippen molar-refractivity contribution in [3.05, 3.63) is 6.42 Å². The number of unbranched alkanes of at least 4 members (excludes halogenated alkanes) is 20. The lowest BCUT2D eigenvalue weighted by molar-refractivity contribution is 0.334. The number of rotatable bonds is 24. The van der Waals surface area contributed by atoms with Crippen molar-refractivity contribution in [2.24, 2.45) is 0 Å². The van der Waals surface area contributed by atoms with Gasteiger partial charge in [0.05, 0.1) is 0 Å². The topological polar surface area (TPSA) is 0 Å². The van der Waals surface area contributed by atoms with Crippen LogP contribution < -0.4 is 0 Å². The summed E-state index contributed by atoms with van der Waals surface area (Å²) < 4.78 is 13.8. The van der Waals surface area contributed by atoms with Crippen LogP contribution in [0.4, 0.5) is 4.39 Å². The Morgan fingerprint density at radius 2 is 0.786 bits per heavy atom. The van der Waals surface area contributed by atoms with Crippen molar-refractivity contribution in [2.75, 3.05) is 0 Å². The minimum atomic E-state index is -0.655. The third-order valence-electron chi connectivity index (χ3n) is 6.06. The second-order valence-corrected chi connectivity index (χ2v) is 9.05. The van der Waals surface area contributed by atoms with Gasteiger partial charge in [-0.05, 0) is 19.3 Å². The van der Waals surface area contributed by atoms with Gasteiger partial charge in [-0.3, -0.25) is 0 Å². The minimum absolute atomic E-state index is 0.655. The highest BCUT2D eigenvalue weighted by Gasteiger charge is 2.06. The first-order valence-corrected chi connectivity index (χ1v) is 13.3. The van der Waals surface area contributed by atoms with Gasteiger partial charge in [0.15, 0.2) is 0 Å². The maximum Gasteiger partial charge on any atom is 0.103 e. The summed E-state index contributed by atoms with van der Waals surface area (Å²) in [6.07, 6.45) is 31.6. The first-order valence-electron chi connectivity index (χ1n) is 13.3. The van der Waals surface area contributed by atoms with Crippen LogP contribution in [0.25, 0.3) is 0 Å². The Labute approximate surface area is 178 Å². The van der Waals surface area contributed by atoms with Crippen LogP contribution in [0.15, 0.2) is 0 Å². The van der Waals surface area contributed by atoms with Crippen LogP contribution in [0.2, 0.25) is 0 Å². The van der Waals surface area contributed by atoms with Gasteiger partial charge < -0.3 is 0 Å². The van der Waals surface area contributed by atoms with E-state index in [0.29, 0.717) is 0 Å². The molecule has 0 heterocycles. The lowest BCUT2D eigenvalue weighted by Crippen LogP contribution is -2.01. The standard InChI is InChI=1S/C27H54F/c1-3-5-7-9-10-11-12-13-14-15-16-17-18-19-20-22-24-26-27(28)25-23-21-8-6-4-2/h26-27H,3-25H2,1-2H3. The van der Waals surface area contributed by atoms with Crippen molar-refractivity contribution in [3.63, 3.8) is 0 Å². The summed E-state index contributed by atoms with van der Waals surface area (Å²) in [5.74, 6) is 0. The predicted octanol–water partition coefficient (Wildman–Crippen LogP) is 10.5. The van der Waals surface area contributed by atoms with E-state index in [1.807, 2.05) is 6.42 Å². The van der Waals surface area contributed by atoms with E-state index in [1.165, 1.54) is 128 Å². The Kier molecular flexibility index (Phi) is 24.9. The highest BCUT2D eigenvalue weighted by Crippen LogP contribution is 2.16. The van der Waals surface area contributed by atoms with Crippen molar-refractivity contribution >= 4 is 0 Å². The molecule has 0 aromatic carbocycles. The quantitative estimate of drug-likeness (QED) is 0.142. The fourth-order valence-corrected chi connectivity index (χ4v) is 4.05. The van der Waals surface area contributed by atoms with E-state index in [9.17, 15) is 4.39 Å². The molecule has 0 amide bonds. The molecule has 0 N–H and O–H groups in total. The summed E-state index contributed by atoms with van der Waals surface area (Å²) in [5, 5.41) is 0. The fraction of sp³-hybridized carbons (Fsp3) is 0.963. The summed E-state index contributed by atoms with van der Waals surface area (Å²) in [4.78, 5) is 0. The number of hydrogen-bond acceptors (Lipinski definition) is 0. The van der Waals surface area contributed by atoms with Gasteiger partial charge in [0, 0.05) is 0 Å². The fourth-order valence-electron chi connectivity index (χ4n) is 4.05. The Morgan fingerprint density at radius 3 is 1.18 bits per heavy atom. The van der Waals surface area contributed by atoms with Gasteiger partial charge in [-0.15, -0.1) is 0 Å². The largest absolute Gasteiger partial charge is 0.247 e. The summed E-state index contributed by atoms with van der Waals surface area (Å²) >= 11 is 0. The maximum atomic E-state index is 13.8. The summed E-state index contributed by atoms with van der Waals surface area (Å²) in [7, 11) is 0. The van der Waals surface area contributed by atoms with Crippen LogP contribution in [0.1, 0.15) is 162 Å². The van der Waals surface area contributed by atoms with Gasteiger partial charge in [-0.1, -0.05) is 149 Å². The van der Waals surface area contributed by atoms with Gasteiger partial charge in [0.25, 0.3) is 0 Å². The van der Waals surface area contributed by atoms with Gasteiger partial charge in [-0.2, -0.15) is 0 Å². The normalized spacial score (nSPS) is 12.5. The highest BCUT2D eigenvalue weighted by atomic mass is 19.1. The molecule has 1 radical (unpaired) electrons. The Hall–Kier alpha value is -0.0700. The van der Waals surface area contributed by atoms with Crippen LogP contribution in [0.5, 0.6) is 0 Å². The van der Waals surface area contributed by atoms with Gasteiger partial charge in [0.1, 0.15) is 6.17 Å². The van der Waals surface area contributed by atoms with E-state index in [-0.39, 0.29) is 0 Å². The molecule has 0 aliphatic carbocycles. The van der Waals surface area contributed by atoms with Crippen LogP contribution in [0, 0.1) is 6.42 Å². The average Bonchev–Trinajstić information content (AvgIpc) is 2.70. The second-order valence-electron chi connectivity index (χ2n) is 9.05. The summed E-state index contributed by atoms with van der Waals surface area (Å²) in [6, 6.07) is 0. The Morgan fingerprint density at radius 1 is 0.464 bits per heavy atom. The van der Waals surface area contributed by atoms with E-state index in [4.69, 9.17) is 0 Å². The van der Waals surface area contributed by atoms with Gasteiger partial charge >= 0.3 is 0 Å². The number of alkyl halides is 1. The lowest BCUT2D eigenvalue weighted by atomic mass is 10.0. The molecule has 0 rings (SSSR count). The molecule has 0 saturated carbocycles. The molecular weight excluding hydrogens is 343 g/mol. The molecule has 0 bridgehead atoms. The molecule has 1 atom stereocenters. The average molecular weight is 398 g/mol. The third kappa shape index (κ3) is 24.0. The number of hydrogen-bond donors (Lipinski definition) is 0. The summed E-state index contributed by atoms with van der Waals surface area (Å²) in [5.41, 5.74) is 0. The second kappa shape index (κ2) is 25.0. The predicted molar refractivity (Wildman–Crippen MR) is 127 cm³/mol. The van der Waals surface area contributed by atoms with Crippen molar-refractivity contribution < 1.29 is 4.39 Å². The van der Waals surface area contributed by atoms with E-state index < -0.39 is 6.17 Å². The van der Waals surface area contributed by atoms with Crippen molar-refractivity contribution in [3.8, 4) is 0 Å². The molecule has 0 aliphatic rings. The zero-order chi connectivity index (χ0) is 20.5. The third-order valence-corrected chi connectivity index (χ3v) is 6.06. The zero-order valence-electron chi connectivity index (χ0n) is 19.8. The van der Waals surface area contributed by atoms with Crippen molar-refractivity contribution in [1.82, 2.24) is 0 Å². The molecule has 0 aliphatic heterocycles. The first kappa shape index (κ1) is 27.9. The highest BCUT2D eigenvalue weighted by molar-refractivity contribution is 4.75. The van der Waals surface area contributed by atoms with Crippen LogP contribution in [-0.2, 0) is 0 Å². The van der Waals surface area contributed by atoms with E-state index in [0.717, 1.165) is 19.3 Å². The molecule has 1 unspecified atom stereocenters. The molecule has 28 heavy (non-hydrogen) atoms. The smallest absolute Gasteiger partial charge is 0.103 e. The molecule has 0 nitrogen and oxygen atoms in total. The SMILES string of the molecule is CCCCCCCCCCCCCCCCCC[CH]C(F)CCCCCCC. The Balaban J connectivity index is 3.08. The molecule has 0 aromatic heterocycles. The summed E-state index contributed by atoms with van der Waals surface area (Å²) in [6.45, 7) is 4.51. The maximum absolute atomic E-state index is 13.8. The van der Waals surface area contributed by atoms with Gasteiger partial charge in [0.2, 0.25) is 0 Å². The van der Waals surface area contributed by atoms with E-state index in [1.54, 1.807) is 0 Å². The molecular formula is C27H54F.